The lowest BCUT2D eigenvalue weighted by Gasteiger charge is -2.46. The third-order valence-electron chi connectivity index (χ3n) is 3.79. The van der Waals surface area contributed by atoms with E-state index in [1.165, 1.54) is 4.90 Å². The number of hydrogen-bond donors (Lipinski definition) is 1. The highest BCUT2D eigenvalue weighted by atomic mass is 16.6. The van der Waals surface area contributed by atoms with Crippen LogP contribution in [0.4, 0.5) is 4.79 Å². The fourth-order valence-corrected chi connectivity index (χ4v) is 2.46. The normalized spacial score (nSPS) is 15.9. The van der Waals surface area contributed by atoms with Crippen LogP contribution in [0.1, 0.15) is 25.3 Å². The fraction of sp³-hybridized carbons (Fsp3) is 0.562. The second kappa shape index (κ2) is 6.87. The van der Waals surface area contributed by atoms with Gasteiger partial charge in [-0.15, -0.1) is 0 Å². The van der Waals surface area contributed by atoms with Crippen molar-refractivity contribution >= 4 is 6.09 Å². The van der Waals surface area contributed by atoms with Crippen LogP contribution >= 0.6 is 0 Å². The Morgan fingerprint density at radius 1 is 1.32 bits per heavy atom. The SMILES string of the molecule is CCCCOC(=O)N1CC(O)(c2cc(OC)ccc2OC)C1. The molecule has 122 valence electrons. The maximum atomic E-state index is 11.8. The minimum atomic E-state index is -1.14. The monoisotopic (exact) mass is 309 g/mol. The molecule has 1 fully saturated rings. The highest BCUT2D eigenvalue weighted by Crippen LogP contribution is 2.39. The van der Waals surface area contributed by atoms with Crippen LogP contribution in [0.15, 0.2) is 18.2 Å². The maximum Gasteiger partial charge on any atom is 0.409 e. The van der Waals surface area contributed by atoms with Crippen LogP contribution in [0.2, 0.25) is 0 Å². The topological polar surface area (TPSA) is 68.2 Å². The summed E-state index contributed by atoms with van der Waals surface area (Å²) >= 11 is 0. The predicted molar refractivity (Wildman–Crippen MR) is 81.3 cm³/mol. The Hall–Kier alpha value is -1.95. The van der Waals surface area contributed by atoms with Crippen molar-refractivity contribution in [3.05, 3.63) is 23.8 Å². The Kier molecular flexibility index (Phi) is 5.13. The molecule has 1 heterocycles. The number of benzene rings is 1. The van der Waals surface area contributed by atoms with Gasteiger partial charge in [-0.3, -0.25) is 0 Å². The fourth-order valence-electron chi connectivity index (χ4n) is 2.46. The van der Waals surface area contributed by atoms with Gasteiger partial charge in [-0.1, -0.05) is 13.3 Å². The first-order valence-electron chi connectivity index (χ1n) is 7.40. The first-order valence-corrected chi connectivity index (χ1v) is 7.40. The molecular formula is C16H23NO5. The van der Waals surface area contributed by atoms with E-state index in [1.54, 1.807) is 32.4 Å². The molecular weight excluding hydrogens is 286 g/mol. The van der Waals surface area contributed by atoms with Crippen LogP contribution in [0, 0.1) is 0 Å². The molecule has 0 saturated carbocycles. The van der Waals surface area contributed by atoms with Crippen LogP contribution in [0.3, 0.4) is 0 Å². The van der Waals surface area contributed by atoms with E-state index < -0.39 is 5.60 Å². The number of ether oxygens (including phenoxy) is 3. The first-order chi connectivity index (χ1) is 10.5. The van der Waals surface area contributed by atoms with Gasteiger partial charge in [0.25, 0.3) is 0 Å². The molecule has 6 nitrogen and oxygen atoms in total. The quantitative estimate of drug-likeness (QED) is 0.815. The lowest BCUT2D eigenvalue weighted by molar-refractivity contribution is -0.0952. The minimum Gasteiger partial charge on any atom is -0.497 e. The molecule has 0 aliphatic carbocycles. The summed E-state index contributed by atoms with van der Waals surface area (Å²) < 4.78 is 15.6. The van der Waals surface area contributed by atoms with E-state index in [0.29, 0.717) is 23.7 Å². The number of β-amino-alcohol motifs (C(OH)–C–C–N with tert-alkyl or cyclic N) is 1. The molecule has 1 N–H and O–H groups in total. The standard InChI is InChI=1S/C16H23NO5/c1-4-5-8-22-15(18)17-10-16(19,11-17)13-9-12(20-2)6-7-14(13)21-3/h6-7,9,19H,4-5,8,10-11H2,1-3H3. The maximum absolute atomic E-state index is 11.8. The van der Waals surface area contributed by atoms with Crippen LogP contribution < -0.4 is 9.47 Å². The van der Waals surface area contributed by atoms with Crippen LogP contribution in [0.25, 0.3) is 0 Å². The average Bonchev–Trinajstić information content (AvgIpc) is 2.51. The highest BCUT2D eigenvalue weighted by molar-refractivity contribution is 5.69. The summed E-state index contributed by atoms with van der Waals surface area (Å²) in [5.74, 6) is 1.20. The largest absolute Gasteiger partial charge is 0.497 e. The van der Waals surface area contributed by atoms with Crippen molar-refractivity contribution in [2.45, 2.75) is 25.4 Å². The molecule has 0 unspecified atom stereocenters. The second-order valence-corrected chi connectivity index (χ2v) is 5.42. The van der Waals surface area contributed by atoms with Gasteiger partial charge in [-0.25, -0.2) is 4.79 Å². The number of amides is 1. The molecule has 1 aromatic rings. The second-order valence-electron chi connectivity index (χ2n) is 5.42. The predicted octanol–water partition coefficient (Wildman–Crippen LogP) is 2.14. The lowest BCUT2D eigenvalue weighted by atomic mass is 9.85. The molecule has 0 atom stereocenters. The third kappa shape index (κ3) is 3.27. The summed E-state index contributed by atoms with van der Waals surface area (Å²) in [4.78, 5) is 13.3. The van der Waals surface area contributed by atoms with Crippen molar-refractivity contribution < 1.29 is 24.1 Å². The van der Waals surface area contributed by atoms with Crippen LogP contribution in [-0.2, 0) is 10.3 Å². The van der Waals surface area contributed by atoms with Crippen molar-refractivity contribution in [2.75, 3.05) is 33.9 Å². The van der Waals surface area contributed by atoms with Crippen LogP contribution in [-0.4, -0.2) is 50.0 Å². The van der Waals surface area contributed by atoms with Gasteiger partial charge in [0.15, 0.2) is 0 Å². The molecule has 1 aromatic carbocycles. The summed E-state index contributed by atoms with van der Waals surface area (Å²) in [6.07, 6.45) is 1.42. The molecule has 2 rings (SSSR count). The number of unbranched alkanes of at least 4 members (excludes halogenated alkanes) is 1. The Bertz CT molecular complexity index is 525. The molecule has 0 aromatic heterocycles. The van der Waals surface area contributed by atoms with E-state index >= 15 is 0 Å². The summed E-state index contributed by atoms with van der Waals surface area (Å²) in [6.45, 7) is 2.81. The van der Waals surface area contributed by atoms with E-state index in [4.69, 9.17) is 14.2 Å². The Morgan fingerprint density at radius 2 is 2.05 bits per heavy atom. The summed E-state index contributed by atoms with van der Waals surface area (Å²) in [7, 11) is 3.11. The molecule has 0 radical (unpaired) electrons. The number of rotatable bonds is 6. The zero-order chi connectivity index (χ0) is 16.2. The molecule has 22 heavy (non-hydrogen) atoms. The molecule has 1 saturated heterocycles. The van der Waals surface area contributed by atoms with Gasteiger partial charge in [-0.2, -0.15) is 0 Å². The van der Waals surface area contributed by atoms with Gasteiger partial charge in [0.1, 0.15) is 17.1 Å². The van der Waals surface area contributed by atoms with Crippen molar-refractivity contribution in [2.24, 2.45) is 0 Å². The van der Waals surface area contributed by atoms with Gasteiger partial charge in [0, 0.05) is 5.56 Å². The molecule has 1 aliphatic heterocycles. The summed E-state index contributed by atoms with van der Waals surface area (Å²) in [5.41, 5.74) is -0.518. The minimum absolute atomic E-state index is 0.182. The molecule has 0 spiro atoms. The number of hydrogen-bond acceptors (Lipinski definition) is 5. The van der Waals surface area contributed by atoms with Crippen molar-refractivity contribution in [1.82, 2.24) is 4.90 Å². The van der Waals surface area contributed by atoms with Gasteiger partial charge in [0.05, 0.1) is 33.9 Å². The summed E-state index contributed by atoms with van der Waals surface area (Å²) in [6, 6.07) is 5.24. The van der Waals surface area contributed by atoms with Gasteiger partial charge >= 0.3 is 6.09 Å². The van der Waals surface area contributed by atoms with E-state index in [9.17, 15) is 9.90 Å². The van der Waals surface area contributed by atoms with Crippen molar-refractivity contribution in [1.29, 1.82) is 0 Å². The van der Waals surface area contributed by atoms with Gasteiger partial charge < -0.3 is 24.2 Å². The van der Waals surface area contributed by atoms with Crippen molar-refractivity contribution in [3.8, 4) is 11.5 Å². The third-order valence-corrected chi connectivity index (χ3v) is 3.79. The zero-order valence-corrected chi connectivity index (χ0v) is 13.3. The number of carbonyl (C=O) groups is 1. The first kappa shape index (κ1) is 16.4. The van der Waals surface area contributed by atoms with E-state index in [-0.39, 0.29) is 19.2 Å². The highest BCUT2D eigenvalue weighted by Gasteiger charge is 2.47. The average molecular weight is 309 g/mol. The smallest absolute Gasteiger partial charge is 0.409 e. The van der Waals surface area contributed by atoms with E-state index in [0.717, 1.165) is 12.8 Å². The number of aliphatic hydroxyl groups is 1. The number of carbonyl (C=O) groups excluding carboxylic acids is 1. The Morgan fingerprint density at radius 3 is 2.64 bits per heavy atom. The molecule has 0 bridgehead atoms. The van der Waals surface area contributed by atoms with Crippen LogP contribution in [0.5, 0.6) is 11.5 Å². The number of likely N-dealkylation sites (tertiary alicyclic amines) is 1. The molecule has 1 amide bonds. The number of nitrogens with zero attached hydrogens (tertiary/aromatic N) is 1. The zero-order valence-electron chi connectivity index (χ0n) is 13.3. The van der Waals surface area contributed by atoms with Gasteiger partial charge in [0.2, 0.25) is 0 Å². The van der Waals surface area contributed by atoms with E-state index in [2.05, 4.69) is 0 Å². The van der Waals surface area contributed by atoms with Gasteiger partial charge in [-0.05, 0) is 24.6 Å². The van der Waals surface area contributed by atoms with E-state index in [1.807, 2.05) is 6.92 Å². The number of methoxy groups -OCH3 is 2. The summed E-state index contributed by atoms with van der Waals surface area (Å²) in [5, 5.41) is 10.7. The van der Waals surface area contributed by atoms with Crippen molar-refractivity contribution in [3.63, 3.8) is 0 Å². The molecule has 1 aliphatic rings. The Balaban J connectivity index is 2.04. The molecule has 6 heteroatoms. The Labute approximate surface area is 130 Å². The lowest BCUT2D eigenvalue weighted by Crippen LogP contribution is -2.61.